The number of halogens is 1. The number of benzene rings is 1. The molecule has 0 amide bonds. The summed E-state index contributed by atoms with van der Waals surface area (Å²) in [5.74, 6) is -3.83. The number of aromatic amines is 1. The van der Waals surface area contributed by atoms with Crippen molar-refractivity contribution in [3.05, 3.63) is 35.8 Å². The van der Waals surface area contributed by atoms with Crippen LogP contribution < -0.4 is 5.73 Å². The SMILES string of the molecule is NCCc1c[nH]c2cccc(F)c12.O=C(O)C(=O)O. The first-order valence-corrected chi connectivity index (χ1v) is 5.38. The van der Waals surface area contributed by atoms with E-state index in [1.165, 1.54) is 6.07 Å². The minimum absolute atomic E-state index is 0.179. The van der Waals surface area contributed by atoms with Gasteiger partial charge in [0.05, 0.1) is 0 Å². The number of carbonyl (C=O) groups is 2. The molecule has 0 spiro atoms. The molecule has 0 aliphatic carbocycles. The Hall–Kier alpha value is -2.41. The minimum Gasteiger partial charge on any atom is -0.473 e. The van der Waals surface area contributed by atoms with Crippen molar-refractivity contribution in [2.75, 3.05) is 6.54 Å². The molecule has 1 aromatic heterocycles. The first-order chi connectivity index (χ1) is 8.97. The topological polar surface area (TPSA) is 116 Å². The predicted molar refractivity (Wildman–Crippen MR) is 66.3 cm³/mol. The highest BCUT2D eigenvalue weighted by Crippen LogP contribution is 2.21. The molecule has 2 aromatic rings. The zero-order valence-corrected chi connectivity index (χ0v) is 9.89. The third-order valence-corrected chi connectivity index (χ3v) is 2.33. The molecule has 0 radical (unpaired) electrons. The molecule has 1 heterocycles. The highest BCUT2D eigenvalue weighted by atomic mass is 19.1. The van der Waals surface area contributed by atoms with E-state index in [0.717, 1.165) is 11.1 Å². The number of nitrogens with one attached hydrogen (secondary N) is 1. The molecule has 0 aliphatic rings. The van der Waals surface area contributed by atoms with E-state index >= 15 is 0 Å². The third kappa shape index (κ3) is 3.78. The highest BCUT2D eigenvalue weighted by Gasteiger charge is 2.06. The average molecular weight is 268 g/mol. The molecule has 6 nitrogen and oxygen atoms in total. The standard InChI is InChI=1S/C10H11FN2.C2H2O4/c11-8-2-1-3-9-10(8)7(4-5-12)6-13-9;3-1(4)2(5)6/h1-3,6,13H,4-5,12H2;(H,3,4)(H,5,6). The van der Waals surface area contributed by atoms with Gasteiger partial charge in [0.15, 0.2) is 0 Å². The summed E-state index contributed by atoms with van der Waals surface area (Å²) in [6, 6.07) is 5.02. The minimum atomic E-state index is -1.82. The van der Waals surface area contributed by atoms with E-state index in [4.69, 9.17) is 25.5 Å². The molecule has 1 aromatic carbocycles. The molecule has 0 unspecified atom stereocenters. The number of rotatable bonds is 2. The quantitative estimate of drug-likeness (QED) is 0.605. The summed E-state index contributed by atoms with van der Waals surface area (Å²) in [5.41, 5.74) is 7.22. The van der Waals surface area contributed by atoms with E-state index in [-0.39, 0.29) is 5.82 Å². The number of carboxylic acid groups (broad SMARTS) is 2. The summed E-state index contributed by atoms with van der Waals surface area (Å²) in [7, 11) is 0. The molecule has 0 saturated heterocycles. The Morgan fingerprint density at radius 1 is 1.26 bits per heavy atom. The number of nitrogens with two attached hydrogens (primary N) is 1. The molecule has 19 heavy (non-hydrogen) atoms. The number of carboxylic acids is 2. The zero-order valence-electron chi connectivity index (χ0n) is 9.89. The maximum absolute atomic E-state index is 13.3. The number of aliphatic carboxylic acids is 2. The lowest BCUT2D eigenvalue weighted by atomic mass is 10.1. The van der Waals surface area contributed by atoms with Crippen molar-refractivity contribution in [2.24, 2.45) is 5.73 Å². The van der Waals surface area contributed by atoms with Gasteiger partial charge in [-0.25, -0.2) is 14.0 Å². The van der Waals surface area contributed by atoms with E-state index in [1.807, 2.05) is 12.3 Å². The number of fused-ring (bicyclic) bond motifs is 1. The van der Waals surface area contributed by atoms with E-state index in [9.17, 15) is 4.39 Å². The summed E-state index contributed by atoms with van der Waals surface area (Å²) < 4.78 is 13.3. The Morgan fingerprint density at radius 2 is 1.89 bits per heavy atom. The Balaban J connectivity index is 0.000000258. The van der Waals surface area contributed by atoms with Crippen molar-refractivity contribution >= 4 is 22.8 Å². The second-order valence-electron chi connectivity index (χ2n) is 3.63. The van der Waals surface area contributed by atoms with Crippen molar-refractivity contribution < 1.29 is 24.2 Å². The molecule has 2 rings (SSSR count). The van der Waals surface area contributed by atoms with Gasteiger partial charge < -0.3 is 20.9 Å². The van der Waals surface area contributed by atoms with Crippen LogP contribution in [0, 0.1) is 5.82 Å². The molecular formula is C12H13FN2O4. The fraction of sp³-hybridized carbons (Fsp3) is 0.167. The molecule has 0 atom stereocenters. The van der Waals surface area contributed by atoms with E-state index in [1.54, 1.807) is 6.07 Å². The van der Waals surface area contributed by atoms with Gasteiger partial charge in [-0.3, -0.25) is 0 Å². The van der Waals surface area contributed by atoms with Crippen LogP contribution in [0.25, 0.3) is 10.9 Å². The van der Waals surface area contributed by atoms with Crippen LogP contribution in [-0.2, 0) is 16.0 Å². The summed E-state index contributed by atoms with van der Waals surface area (Å²) in [6.07, 6.45) is 2.53. The first-order valence-electron chi connectivity index (χ1n) is 5.38. The molecular weight excluding hydrogens is 255 g/mol. The van der Waals surface area contributed by atoms with Gasteiger partial charge in [-0.2, -0.15) is 0 Å². The summed E-state index contributed by atoms with van der Waals surface area (Å²) in [5, 5.41) is 15.5. The maximum atomic E-state index is 13.3. The molecule has 102 valence electrons. The van der Waals surface area contributed by atoms with Crippen LogP contribution in [0.1, 0.15) is 5.56 Å². The normalized spacial score (nSPS) is 9.79. The van der Waals surface area contributed by atoms with Gasteiger partial charge in [0, 0.05) is 17.1 Å². The predicted octanol–water partition coefficient (Wildman–Crippen LogP) is 0.964. The summed E-state index contributed by atoms with van der Waals surface area (Å²) in [4.78, 5) is 21.2. The van der Waals surface area contributed by atoms with Crippen LogP contribution in [-0.4, -0.2) is 33.7 Å². The van der Waals surface area contributed by atoms with Crippen LogP contribution in [0.2, 0.25) is 0 Å². The Bertz CT molecular complexity index is 582. The van der Waals surface area contributed by atoms with Crippen LogP contribution >= 0.6 is 0 Å². The first kappa shape index (κ1) is 14.7. The number of hydrogen-bond donors (Lipinski definition) is 4. The Morgan fingerprint density at radius 3 is 2.42 bits per heavy atom. The number of hydrogen-bond acceptors (Lipinski definition) is 3. The van der Waals surface area contributed by atoms with Gasteiger partial charge >= 0.3 is 11.9 Å². The second kappa shape index (κ2) is 6.50. The summed E-state index contributed by atoms with van der Waals surface area (Å²) >= 11 is 0. The fourth-order valence-corrected chi connectivity index (χ4v) is 1.56. The van der Waals surface area contributed by atoms with Crippen molar-refractivity contribution in [1.82, 2.24) is 4.98 Å². The average Bonchev–Trinajstić information content (AvgIpc) is 2.75. The third-order valence-electron chi connectivity index (χ3n) is 2.33. The zero-order chi connectivity index (χ0) is 14.4. The van der Waals surface area contributed by atoms with Crippen LogP contribution in [0.3, 0.4) is 0 Å². The van der Waals surface area contributed by atoms with Crippen molar-refractivity contribution in [3.63, 3.8) is 0 Å². The van der Waals surface area contributed by atoms with Gasteiger partial charge in [-0.05, 0) is 30.7 Å². The van der Waals surface area contributed by atoms with Crippen molar-refractivity contribution in [2.45, 2.75) is 6.42 Å². The van der Waals surface area contributed by atoms with Crippen LogP contribution in [0.15, 0.2) is 24.4 Å². The molecule has 0 bridgehead atoms. The molecule has 5 N–H and O–H groups in total. The maximum Gasteiger partial charge on any atom is 0.414 e. The van der Waals surface area contributed by atoms with Gasteiger partial charge in [0.1, 0.15) is 5.82 Å². The Labute approximate surface area is 107 Å². The van der Waals surface area contributed by atoms with E-state index in [0.29, 0.717) is 18.4 Å². The largest absolute Gasteiger partial charge is 0.473 e. The van der Waals surface area contributed by atoms with Gasteiger partial charge in [0.2, 0.25) is 0 Å². The number of H-pyrrole nitrogens is 1. The summed E-state index contributed by atoms with van der Waals surface area (Å²) in [6.45, 7) is 0.543. The molecule has 0 aliphatic heterocycles. The van der Waals surface area contributed by atoms with Crippen LogP contribution in [0.4, 0.5) is 4.39 Å². The molecule has 7 heteroatoms. The lowest BCUT2D eigenvalue weighted by Crippen LogP contribution is -2.09. The van der Waals surface area contributed by atoms with E-state index in [2.05, 4.69) is 4.98 Å². The van der Waals surface area contributed by atoms with Crippen molar-refractivity contribution in [1.29, 1.82) is 0 Å². The second-order valence-corrected chi connectivity index (χ2v) is 3.63. The van der Waals surface area contributed by atoms with E-state index < -0.39 is 11.9 Å². The van der Waals surface area contributed by atoms with Gasteiger partial charge in [-0.15, -0.1) is 0 Å². The Kier molecular flexibility index (Phi) is 5.01. The highest BCUT2D eigenvalue weighted by molar-refractivity contribution is 6.27. The smallest absolute Gasteiger partial charge is 0.414 e. The van der Waals surface area contributed by atoms with Crippen molar-refractivity contribution in [3.8, 4) is 0 Å². The van der Waals surface area contributed by atoms with Gasteiger partial charge in [-0.1, -0.05) is 6.07 Å². The monoisotopic (exact) mass is 268 g/mol. The molecule has 0 saturated carbocycles. The lowest BCUT2D eigenvalue weighted by molar-refractivity contribution is -0.159. The van der Waals surface area contributed by atoms with Crippen LogP contribution in [0.5, 0.6) is 0 Å². The van der Waals surface area contributed by atoms with Gasteiger partial charge in [0.25, 0.3) is 0 Å². The number of aromatic nitrogens is 1. The lowest BCUT2D eigenvalue weighted by Gasteiger charge is -1.96. The fourth-order valence-electron chi connectivity index (χ4n) is 1.56. The molecule has 0 fully saturated rings.